The highest BCUT2D eigenvalue weighted by Crippen LogP contribution is 2.42. The Morgan fingerprint density at radius 3 is 2.60 bits per heavy atom. The van der Waals surface area contributed by atoms with Crippen LogP contribution in [0, 0.1) is 17.3 Å². The summed E-state index contributed by atoms with van der Waals surface area (Å²) in [5, 5.41) is 0.907. The number of pyridine rings is 1. The standard InChI is InChI=1S/C23H32N4O2S/c1-4-23(2,3)15-5-6-17-14(11-15)12-16-18(24)19(30-21(16)26-17)22(29)27-9-7-13(8-10-27)20(25)28/h12-13,15H,4-11,24H2,1-3H3,(H2,25,28)/t15-/m0/s1. The summed E-state index contributed by atoms with van der Waals surface area (Å²) >= 11 is 1.40. The maximum Gasteiger partial charge on any atom is 0.266 e. The average Bonchev–Trinajstić information content (AvgIpc) is 3.06. The summed E-state index contributed by atoms with van der Waals surface area (Å²) in [5.74, 6) is 0.175. The molecular formula is C23H32N4O2S. The van der Waals surface area contributed by atoms with Gasteiger partial charge in [-0.05, 0) is 55.1 Å². The van der Waals surface area contributed by atoms with Crippen molar-refractivity contribution in [3.8, 4) is 0 Å². The molecule has 1 saturated heterocycles. The Morgan fingerprint density at radius 2 is 1.97 bits per heavy atom. The van der Waals surface area contributed by atoms with Crippen molar-refractivity contribution < 1.29 is 9.59 Å². The van der Waals surface area contributed by atoms with Crippen molar-refractivity contribution >= 4 is 39.1 Å². The molecule has 2 aliphatic rings. The lowest BCUT2D eigenvalue weighted by Gasteiger charge is -2.36. The molecule has 0 radical (unpaired) electrons. The van der Waals surface area contributed by atoms with Crippen LogP contribution in [-0.4, -0.2) is 34.8 Å². The second kappa shape index (κ2) is 7.84. The Kier molecular flexibility index (Phi) is 5.51. The maximum absolute atomic E-state index is 13.1. The van der Waals surface area contributed by atoms with Crippen LogP contribution < -0.4 is 11.5 Å². The molecular weight excluding hydrogens is 396 g/mol. The Morgan fingerprint density at radius 1 is 1.27 bits per heavy atom. The number of piperidine rings is 1. The van der Waals surface area contributed by atoms with Gasteiger partial charge in [-0.25, -0.2) is 4.98 Å². The molecule has 0 aromatic carbocycles. The number of nitrogens with zero attached hydrogens (tertiary/aromatic N) is 2. The lowest BCUT2D eigenvalue weighted by Crippen LogP contribution is -2.41. The quantitative estimate of drug-likeness (QED) is 0.774. The SMILES string of the molecule is CCC(C)(C)[C@H]1CCc2nc3sc(C(=O)N4CCC(C(N)=O)CC4)c(N)c3cc2C1. The molecule has 3 heterocycles. The van der Waals surface area contributed by atoms with Crippen LogP contribution in [-0.2, 0) is 17.6 Å². The highest BCUT2D eigenvalue weighted by Gasteiger charge is 2.33. The van der Waals surface area contributed by atoms with Crippen LogP contribution in [0.15, 0.2) is 6.07 Å². The largest absolute Gasteiger partial charge is 0.397 e. The van der Waals surface area contributed by atoms with Crippen LogP contribution in [0.1, 0.15) is 67.4 Å². The summed E-state index contributed by atoms with van der Waals surface area (Å²) in [7, 11) is 0. The molecule has 0 spiro atoms. The highest BCUT2D eigenvalue weighted by molar-refractivity contribution is 7.21. The Bertz CT molecular complexity index is 989. The number of aryl methyl sites for hydroxylation is 1. The predicted octanol–water partition coefficient (Wildman–Crippen LogP) is 3.76. The number of nitrogens with two attached hydrogens (primary N) is 2. The topological polar surface area (TPSA) is 102 Å². The van der Waals surface area contributed by atoms with Gasteiger partial charge in [-0.15, -0.1) is 11.3 Å². The van der Waals surface area contributed by atoms with Crippen LogP contribution in [0.3, 0.4) is 0 Å². The fourth-order valence-corrected chi connectivity index (χ4v) is 5.88. The van der Waals surface area contributed by atoms with E-state index in [2.05, 4.69) is 26.8 Å². The summed E-state index contributed by atoms with van der Waals surface area (Å²) < 4.78 is 0. The van der Waals surface area contributed by atoms with E-state index in [1.165, 1.54) is 16.9 Å². The number of carbonyl (C=O) groups is 2. The summed E-state index contributed by atoms with van der Waals surface area (Å²) in [6, 6.07) is 2.18. The Balaban J connectivity index is 1.59. The molecule has 0 unspecified atom stereocenters. The van der Waals surface area contributed by atoms with Crippen molar-refractivity contribution in [2.24, 2.45) is 23.0 Å². The second-order valence-corrected chi connectivity index (χ2v) is 10.5. The van der Waals surface area contributed by atoms with Crippen molar-refractivity contribution in [1.82, 2.24) is 9.88 Å². The third kappa shape index (κ3) is 3.68. The molecule has 162 valence electrons. The third-order valence-electron chi connectivity index (χ3n) is 7.48. The number of hydrogen-bond acceptors (Lipinski definition) is 5. The molecule has 7 heteroatoms. The Hall–Kier alpha value is -2.15. The first-order valence-electron chi connectivity index (χ1n) is 11.0. The van der Waals surface area contributed by atoms with Gasteiger partial charge in [0.05, 0.1) is 5.69 Å². The van der Waals surface area contributed by atoms with Crippen molar-refractivity contribution in [3.05, 3.63) is 22.2 Å². The molecule has 2 aromatic heterocycles. The summed E-state index contributed by atoms with van der Waals surface area (Å²) in [6.07, 6.45) is 5.57. The van der Waals surface area contributed by atoms with E-state index in [0.717, 1.165) is 41.6 Å². The zero-order chi connectivity index (χ0) is 21.6. The van der Waals surface area contributed by atoms with Gasteiger partial charge in [-0.2, -0.15) is 0 Å². The van der Waals surface area contributed by atoms with Crippen molar-refractivity contribution in [3.63, 3.8) is 0 Å². The molecule has 6 nitrogen and oxygen atoms in total. The number of fused-ring (bicyclic) bond motifs is 2. The number of likely N-dealkylation sites (tertiary alicyclic amines) is 1. The van der Waals surface area contributed by atoms with Gasteiger partial charge in [0.2, 0.25) is 5.91 Å². The number of primary amides is 1. The van der Waals surface area contributed by atoms with Gasteiger partial charge in [0.25, 0.3) is 5.91 Å². The zero-order valence-corrected chi connectivity index (χ0v) is 19.0. The highest BCUT2D eigenvalue weighted by atomic mass is 32.1. The first-order chi connectivity index (χ1) is 14.2. The van der Waals surface area contributed by atoms with E-state index >= 15 is 0 Å². The zero-order valence-electron chi connectivity index (χ0n) is 18.2. The van der Waals surface area contributed by atoms with Crippen LogP contribution in [0.25, 0.3) is 10.2 Å². The van der Waals surface area contributed by atoms with Crippen LogP contribution in [0.5, 0.6) is 0 Å². The number of aromatic nitrogens is 1. The van der Waals surface area contributed by atoms with Crippen LogP contribution in [0.2, 0.25) is 0 Å². The van der Waals surface area contributed by atoms with Gasteiger partial charge in [-0.1, -0.05) is 27.2 Å². The molecule has 4 rings (SSSR count). The van der Waals surface area contributed by atoms with Crippen molar-refractivity contribution in [2.45, 2.75) is 59.3 Å². The maximum atomic E-state index is 13.1. The summed E-state index contributed by atoms with van der Waals surface area (Å²) in [5.41, 5.74) is 15.2. The predicted molar refractivity (Wildman–Crippen MR) is 121 cm³/mol. The van der Waals surface area contributed by atoms with E-state index in [1.807, 2.05) is 0 Å². The molecule has 0 bridgehead atoms. The Labute approximate surface area is 182 Å². The second-order valence-electron chi connectivity index (χ2n) is 9.54. The molecule has 1 atom stereocenters. The fraction of sp³-hybridized carbons (Fsp3) is 0.609. The van der Waals surface area contributed by atoms with Crippen LogP contribution in [0.4, 0.5) is 5.69 Å². The third-order valence-corrected chi connectivity index (χ3v) is 8.58. The lowest BCUT2D eigenvalue weighted by molar-refractivity contribution is -0.123. The molecule has 1 aliphatic heterocycles. The molecule has 2 aromatic rings. The fourth-order valence-electron chi connectivity index (χ4n) is 4.82. The number of nitrogen functional groups attached to an aromatic ring is 1. The minimum Gasteiger partial charge on any atom is -0.397 e. The molecule has 30 heavy (non-hydrogen) atoms. The van der Waals surface area contributed by atoms with Gasteiger partial charge < -0.3 is 16.4 Å². The molecule has 1 fully saturated rings. The molecule has 2 amide bonds. The van der Waals surface area contributed by atoms with E-state index in [9.17, 15) is 9.59 Å². The molecule has 1 aliphatic carbocycles. The minimum atomic E-state index is -0.275. The van der Waals surface area contributed by atoms with Crippen molar-refractivity contribution in [1.29, 1.82) is 0 Å². The first-order valence-corrected chi connectivity index (χ1v) is 11.8. The first kappa shape index (κ1) is 21.1. The summed E-state index contributed by atoms with van der Waals surface area (Å²) in [6.45, 7) is 8.05. The molecule has 4 N–H and O–H groups in total. The minimum absolute atomic E-state index is 0.0543. The van der Waals surface area contributed by atoms with Gasteiger partial charge in [0.15, 0.2) is 0 Å². The smallest absolute Gasteiger partial charge is 0.266 e. The van der Waals surface area contributed by atoms with Gasteiger partial charge in [-0.3, -0.25) is 9.59 Å². The monoisotopic (exact) mass is 428 g/mol. The van der Waals surface area contributed by atoms with E-state index in [4.69, 9.17) is 16.5 Å². The van der Waals surface area contributed by atoms with E-state index in [1.54, 1.807) is 4.90 Å². The number of amides is 2. The lowest BCUT2D eigenvalue weighted by atomic mass is 9.69. The number of thiophene rings is 1. The van der Waals surface area contributed by atoms with Gasteiger partial charge in [0.1, 0.15) is 9.71 Å². The van der Waals surface area contributed by atoms with E-state index in [0.29, 0.717) is 47.8 Å². The van der Waals surface area contributed by atoms with Gasteiger partial charge >= 0.3 is 0 Å². The van der Waals surface area contributed by atoms with E-state index < -0.39 is 0 Å². The van der Waals surface area contributed by atoms with Crippen molar-refractivity contribution in [2.75, 3.05) is 18.8 Å². The van der Waals surface area contributed by atoms with E-state index in [-0.39, 0.29) is 17.7 Å². The van der Waals surface area contributed by atoms with Gasteiger partial charge in [0, 0.05) is 30.1 Å². The normalized spacial score (nSPS) is 20.4. The average molecular weight is 429 g/mol. The van der Waals surface area contributed by atoms with Crippen LogP contribution >= 0.6 is 11.3 Å². The number of rotatable bonds is 4. The number of hydrogen-bond donors (Lipinski definition) is 2. The number of carbonyl (C=O) groups excluding carboxylic acids is 2. The summed E-state index contributed by atoms with van der Waals surface area (Å²) in [4.78, 5) is 32.6. The molecule has 0 saturated carbocycles. The number of anilines is 1.